The SMILES string of the molecule is CCOC(=O)C1(c2ncc(F)cc2Cl)CC1. The summed E-state index contributed by atoms with van der Waals surface area (Å²) in [5.41, 5.74) is -0.310. The Morgan fingerprint density at radius 1 is 1.69 bits per heavy atom. The molecule has 0 aromatic carbocycles. The van der Waals surface area contributed by atoms with Crippen LogP contribution in [0.15, 0.2) is 12.3 Å². The number of carbonyl (C=O) groups excluding carboxylic acids is 1. The number of esters is 1. The molecule has 1 aliphatic carbocycles. The van der Waals surface area contributed by atoms with Crippen LogP contribution in [-0.2, 0) is 14.9 Å². The van der Waals surface area contributed by atoms with Crippen molar-refractivity contribution in [3.05, 3.63) is 28.8 Å². The summed E-state index contributed by atoms with van der Waals surface area (Å²) in [5.74, 6) is -0.829. The molecule has 1 aliphatic rings. The molecule has 1 fully saturated rings. The van der Waals surface area contributed by atoms with E-state index in [1.165, 1.54) is 6.07 Å². The Balaban J connectivity index is 2.33. The van der Waals surface area contributed by atoms with Crippen LogP contribution in [0.1, 0.15) is 25.5 Å². The predicted octanol–water partition coefficient (Wildman–Crippen LogP) is 2.47. The first-order valence-corrected chi connectivity index (χ1v) is 5.46. The fraction of sp³-hybridized carbons (Fsp3) is 0.455. The van der Waals surface area contributed by atoms with Gasteiger partial charge in [-0.25, -0.2) is 4.39 Å². The van der Waals surface area contributed by atoms with Crippen LogP contribution in [0, 0.1) is 5.82 Å². The van der Waals surface area contributed by atoms with Gasteiger partial charge in [-0.05, 0) is 25.8 Å². The van der Waals surface area contributed by atoms with Crippen LogP contribution < -0.4 is 0 Å². The quantitative estimate of drug-likeness (QED) is 0.766. The van der Waals surface area contributed by atoms with E-state index in [1.54, 1.807) is 6.92 Å². The zero-order chi connectivity index (χ0) is 11.8. The average Bonchev–Trinajstić information content (AvgIpc) is 2.99. The number of ether oxygens (including phenoxy) is 1. The minimum Gasteiger partial charge on any atom is -0.465 e. The van der Waals surface area contributed by atoms with Gasteiger partial charge in [0, 0.05) is 0 Å². The van der Waals surface area contributed by atoms with Gasteiger partial charge in [-0.1, -0.05) is 11.6 Å². The van der Waals surface area contributed by atoms with Crippen molar-refractivity contribution in [3.63, 3.8) is 0 Å². The fourth-order valence-electron chi connectivity index (χ4n) is 1.70. The maximum absolute atomic E-state index is 12.8. The molecule has 5 heteroatoms. The van der Waals surface area contributed by atoms with E-state index >= 15 is 0 Å². The summed E-state index contributed by atoms with van der Waals surface area (Å²) in [4.78, 5) is 15.7. The number of hydrogen-bond acceptors (Lipinski definition) is 3. The molecule has 1 saturated carbocycles. The molecule has 0 unspecified atom stereocenters. The molecule has 0 radical (unpaired) electrons. The van der Waals surface area contributed by atoms with Crippen LogP contribution >= 0.6 is 11.6 Å². The Hall–Kier alpha value is -1.16. The molecule has 0 amide bonds. The van der Waals surface area contributed by atoms with Gasteiger partial charge in [-0.15, -0.1) is 0 Å². The standard InChI is InChI=1S/C11H11ClFNO2/c1-2-16-10(15)11(3-4-11)9-8(12)5-7(13)6-14-9/h5-6H,2-4H2,1H3. The van der Waals surface area contributed by atoms with Gasteiger partial charge >= 0.3 is 5.97 Å². The highest BCUT2D eigenvalue weighted by atomic mass is 35.5. The van der Waals surface area contributed by atoms with Crippen molar-refractivity contribution in [2.24, 2.45) is 0 Å². The third-order valence-corrected chi connectivity index (χ3v) is 2.97. The number of aromatic nitrogens is 1. The Morgan fingerprint density at radius 2 is 2.38 bits per heavy atom. The highest BCUT2D eigenvalue weighted by molar-refractivity contribution is 6.31. The second kappa shape index (κ2) is 4.01. The molecule has 0 saturated heterocycles. The van der Waals surface area contributed by atoms with E-state index in [0.717, 1.165) is 6.20 Å². The van der Waals surface area contributed by atoms with Gasteiger partial charge in [-0.2, -0.15) is 0 Å². The van der Waals surface area contributed by atoms with E-state index in [-0.39, 0.29) is 11.0 Å². The topological polar surface area (TPSA) is 39.2 Å². The van der Waals surface area contributed by atoms with E-state index in [1.807, 2.05) is 0 Å². The largest absolute Gasteiger partial charge is 0.465 e. The van der Waals surface area contributed by atoms with Gasteiger partial charge in [0.1, 0.15) is 11.2 Å². The lowest BCUT2D eigenvalue weighted by atomic mass is 10.0. The number of nitrogens with zero attached hydrogens (tertiary/aromatic N) is 1. The normalized spacial score (nSPS) is 16.9. The predicted molar refractivity (Wildman–Crippen MR) is 56.8 cm³/mol. The van der Waals surface area contributed by atoms with E-state index in [9.17, 15) is 9.18 Å². The third kappa shape index (κ3) is 1.78. The lowest BCUT2D eigenvalue weighted by molar-refractivity contribution is -0.146. The number of hydrogen-bond donors (Lipinski definition) is 0. The van der Waals surface area contributed by atoms with Crippen LogP contribution in [0.3, 0.4) is 0 Å². The molecule has 0 bridgehead atoms. The highest BCUT2D eigenvalue weighted by Gasteiger charge is 2.55. The Bertz CT molecular complexity index is 432. The maximum Gasteiger partial charge on any atom is 0.318 e. The molecule has 1 aromatic rings. The summed E-state index contributed by atoms with van der Waals surface area (Å²) in [6.45, 7) is 2.06. The van der Waals surface area contributed by atoms with E-state index in [0.29, 0.717) is 25.1 Å². The zero-order valence-electron chi connectivity index (χ0n) is 8.80. The van der Waals surface area contributed by atoms with Gasteiger partial charge in [0.25, 0.3) is 0 Å². The lowest BCUT2D eigenvalue weighted by Crippen LogP contribution is -2.24. The summed E-state index contributed by atoms with van der Waals surface area (Å²) < 4.78 is 17.8. The molecular formula is C11H11ClFNO2. The van der Waals surface area contributed by atoms with E-state index in [2.05, 4.69) is 4.98 Å². The first kappa shape index (κ1) is 11.3. The smallest absolute Gasteiger partial charge is 0.318 e. The maximum atomic E-state index is 12.8. The van der Waals surface area contributed by atoms with Crippen LogP contribution in [0.4, 0.5) is 4.39 Å². The lowest BCUT2D eigenvalue weighted by Gasteiger charge is -2.14. The molecule has 0 spiro atoms. The first-order valence-electron chi connectivity index (χ1n) is 5.09. The Morgan fingerprint density at radius 3 is 2.88 bits per heavy atom. The summed E-state index contributed by atoms with van der Waals surface area (Å²) in [6, 6.07) is 1.17. The van der Waals surface area contributed by atoms with Gasteiger partial charge in [-0.3, -0.25) is 9.78 Å². The van der Waals surface area contributed by atoms with Gasteiger partial charge in [0.15, 0.2) is 0 Å². The van der Waals surface area contributed by atoms with Crippen molar-refractivity contribution in [2.45, 2.75) is 25.2 Å². The van der Waals surface area contributed by atoms with Crippen molar-refractivity contribution in [2.75, 3.05) is 6.61 Å². The molecule has 86 valence electrons. The molecule has 3 nitrogen and oxygen atoms in total. The van der Waals surface area contributed by atoms with Crippen molar-refractivity contribution < 1.29 is 13.9 Å². The zero-order valence-corrected chi connectivity index (χ0v) is 9.55. The number of rotatable bonds is 3. The minimum atomic E-state index is -0.735. The van der Waals surface area contributed by atoms with E-state index in [4.69, 9.17) is 16.3 Å². The summed E-state index contributed by atoms with van der Waals surface area (Å²) in [6.07, 6.45) is 2.38. The highest BCUT2D eigenvalue weighted by Crippen LogP contribution is 2.50. The van der Waals surface area contributed by atoms with Gasteiger partial charge < -0.3 is 4.74 Å². The molecule has 16 heavy (non-hydrogen) atoms. The molecule has 0 N–H and O–H groups in total. The Kier molecular flexibility index (Phi) is 2.84. The number of carbonyl (C=O) groups is 1. The van der Waals surface area contributed by atoms with Crippen LogP contribution in [0.5, 0.6) is 0 Å². The first-order chi connectivity index (χ1) is 7.60. The van der Waals surface area contributed by atoms with Gasteiger partial charge in [0.2, 0.25) is 0 Å². The van der Waals surface area contributed by atoms with Crippen molar-refractivity contribution in [3.8, 4) is 0 Å². The molecular weight excluding hydrogens is 233 g/mol. The van der Waals surface area contributed by atoms with Crippen molar-refractivity contribution in [1.29, 1.82) is 0 Å². The second-order valence-corrected chi connectivity index (χ2v) is 4.19. The second-order valence-electron chi connectivity index (χ2n) is 3.79. The van der Waals surface area contributed by atoms with Crippen molar-refractivity contribution in [1.82, 2.24) is 4.98 Å². The minimum absolute atomic E-state index is 0.186. The van der Waals surface area contributed by atoms with Crippen LogP contribution in [0.2, 0.25) is 5.02 Å². The van der Waals surface area contributed by atoms with Crippen LogP contribution in [0.25, 0.3) is 0 Å². The molecule has 1 aromatic heterocycles. The summed E-state index contributed by atoms with van der Waals surface area (Å²) in [5, 5.41) is 0.186. The molecule has 0 atom stereocenters. The Labute approximate surface area is 97.6 Å². The monoisotopic (exact) mass is 243 g/mol. The summed E-state index contributed by atoms with van der Waals surface area (Å²) in [7, 11) is 0. The number of halogens is 2. The average molecular weight is 244 g/mol. The van der Waals surface area contributed by atoms with Gasteiger partial charge in [0.05, 0.1) is 23.5 Å². The van der Waals surface area contributed by atoms with E-state index < -0.39 is 11.2 Å². The molecule has 1 heterocycles. The molecule has 0 aliphatic heterocycles. The summed E-state index contributed by atoms with van der Waals surface area (Å²) >= 11 is 5.89. The fourth-order valence-corrected chi connectivity index (χ4v) is 2.03. The molecule has 2 rings (SSSR count). The van der Waals surface area contributed by atoms with Crippen molar-refractivity contribution >= 4 is 17.6 Å². The third-order valence-electron chi connectivity index (χ3n) is 2.68. The van der Waals surface area contributed by atoms with Crippen LogP contribution in [-0.4, -0.2) is 17.6 Å². The number of pyridine rings is 1.